The molecule has 0 radical (unpaired) electrons. The molecule has 2 aromatic rings. The molecule has 2 rings (SSSR count). The van der Waals surface area contributed by atoms with Gasteiger partial charge in [-0.2, -0.15) is 0 Å². The Morgan fingerprint density at radius 3 is 2.69 bits per heavy atom. The van der Waals surface area contributed by atoms with Gasteiger partial charge in [-0.25, -0.2) is 0 Å². The van der Waals surface area contributed by atoms with Gasteiger partial charge in [-0.05, 0) is 38.0 Å². The average Bonchev–Trinajstić information content (AvgIpc) is 2.43. The molecule has 1 heterocycles. The summed E-state index contributed by atoms with van der Waals surface area (Å²) in [6, 6.07) is 1.89. The number of fused-ring (bicyclic) bond motifs is 1. The lowest BCUT2D eigenvalue weighted by Gasteiger charge is -2.02. The first-order valence-corrected chi connectivity index (χ1v) is 4.16. The molecule has 1 aromatic carbocycles. The number of phenols is 1. The Labute approximate surface area is 76.0 Å². The van der Waals surface area contributed by atoms with E-state index in [4.69, 9.17) is 4.52 Å². The second kappa shape index (κ2) is 2.49. The van der Waals surface area contributed by atoms with Crippen LogP contribution in [0.25, 0.3) is 11.0 Å². The van der Waals surface area contributed by atoms with Gasteiger partial charge in [-0.1, -0.05) is 5.16 Å². The second-order valence-electron chi connectivity index (χ2n) is 3.31. The molecule has 0 spiro atoms. The van der Waals surface area contributed by atoms with Gasteiger partial charge in [-0.3, -0.25) is 0 Å². The van der Waals surface area contributed by atoms with Gasteiger partial charge in [-0.15, -0.1) is 0 Å². The Morgan fingerprint density at radius 1 is 1.31 bits per heavy atom. The largest absolute Gasteiger partial charge is 0.507 e. The lowest BCUT2D eigenvalue weighted by atomic mass is 10.1. The summed E-state index contributed by atoms with van der Waals surface area (Å²) in [5.74, 6) is 0.286. The summed E-state index contributed by atoms with van der Waals surface area (Å²) in [4.78, 5) is 0. The highest BCUT2D eigenvalue weighted by Crippen LogP contribution is 2.32. The van der Waals surface area contributed by atoms with Crippen molar-refractivity contribution in [1.82, 2.24) is 5.16 Å². The van der Waals surface area contributed by atoms with Crippen molar-refractivity contribution >= 4 is 11.0 Å². The third kappa shape index (κ3) is 1.00. The highest BCUT2D eigenvalue weighted by atomic mass is 16.5. The van der Waals surface area contributed by atoms with Crippen molar-refractivity contribution in [3.63, 3.8) is 0 Å². The number of aromatic hydroxyl groups is 1. The quantitative estimate of drug-likeness (QED) is 0.672. The van der Waals surface area contributed by atoms with Gasteiger partial charge >= 0.3 is 0 Å². The number of benzene rings is 1. The van der Waals surface area contributed by atoms with Gasteiger partial charge in [0, 0.05) is 0 Å². The molecule has 0 amide bonds. The van der Waals surface area contributed by atoms with E-state index in [1.165, 1.54) is 0 Å². The summed E-state index contributed by atoms with van der Waals surface area (Å²) in [6.07, 6.45) is 0. The van der Waals surface area contributed by atoms with E-state index in [1.54, 1.807) is 0 Å². The van der Waals surface area contributed by atoms with Crippen LogP contribution in [0.2, 0.25) is 0 Å². The van der Waals surface area contributed by atoms with Gasteiger partial charge in [0.25, 0.3) is 0 Å². The zero-order chi connectivity index (χ0) is 9.59. The van der Waals surface area contributed by atoms with Crippen molar-refractivity contribution in [2.45, 2.75) is 20.8 Å². The number of rotatable bonds is 0. The summed E-state index contributed by atoms with van der Waals surface area (Å²) >= 11 is 0. The van der Waals surface area contributed by atoms with Crippen LogP contribution in [0.1, 0.15) is 16.8 Å². The minimum Gasteiger partial charge on any atom is -0.507 e. The van der Waals surface area contributed by atoms with Crippen LogP contribution in [0.15, 0.2) is 10.6 Å². The monoisotopic (exact) mass is 177 g/mol. The molecule has 0 aliphatic heterocycles. The van der Waals surface area contributed by atoms with Gasteiger partial charge in [0.2, 0.25) is 0 Å². The highest BCUT2D eigenvalue weighted by molar-refractivity contribution is 5.87. The van der Waals surface area contributed by atoms with E-state index in [-0.39, 0.29) is 5.75 Å². The van der Waals surface area contributed by atoms with E-state index in [1.807, 2.05) is 26.8 Å². The van der Waals surface area contributed by atoms with Crippen LogP contribution < -0.4 is 0 Å². The number of aromatic nitrogens is 1. The Balaban J connectivity index is 2.97. The van der Waals surface area contributed by atoms with Crippen LogP contribution in [-0.2, 0) is 0 Å². The summed E-state index contributed by atoms with van der Waals surface area (Å²) in [6.45, 7) is 5.64. The molecule has 0 atom stereocenters. The Morgan fingerprint density at radius 2 is 2.00 bits per heavy atom. The first kappa shape index (κ1) is 8.10. The molecule has 3 heteroatoms. The Bertz CT molecular complexity index is 471. The Hall–Kier alpha value is -1.51. The fourth-order valence-corrected chi connectivity index (χ4v) is 1.45. The van der Waals surface area contributed by atoms with E-state index in [2.05, 4.69) is 5.16 Å². The molecule has 0 bridgehead atoms. The van der Waals surface area contributed by atoms with Crippen molar-refractivity contribution < 1.29 is 9.63 Å². The van der Waals surface area contributed by atoms with E-state index >= 15 is 0 Å². The van der Waals surface area contributed by atoms with Crippen molar-refractivity contribution in [3.05, 3.63) is 22.9 Å². The van der Waals surface area contributed by atoms with Crippen molar-refractivity contribution in [2.75, 3.05) is 0 Å². The standard InChI is InChI=1S/C10H11NO2/c1-5-4-8-9(7(3)11-13-8)10(12)6(5)2/h4,12H,1-3H3. The van der Waals surface area contributed by atoms with Crippen molar-refractivity contribution in [1.29, 1.82) is 0 Å². The topological polar surface area (TPSA) is 46.3 Å². The predicted octanol–water partition coefficient (Wildman–Crippen LogP) is 2.46. The molecule has 1 N–H and O–H groups in total. The molecule has 68 valence electrons. The number of aryl methyl sites for hydroxylation is 2. The smallest absolute Gasteiger partial charge is 0.171 e. The van der Waals surface area contributed by atoms with Crippen molar-refractivity contribution in [3.8, 4) is 5.75 Å². The maximum absolute atomic E-state index is 9.81. The minimum atomic E-state index is 0.286. The molecule has 3 nitrogen and oxygen atoms in total. The Kier molecular flexibility index (Phi) is 1.55. The summed E-state index contributed by atoms with van der Waals surface area (Å²) in [5, 5.41) is 14.3. The number of hydrogen-bond donors (Lipinski definition) is 1. The van der Waals surface area contributed by atoms with Gasteiger partial charge in [0.15, 0.2) is 5.58 Å². The minimum absolute atomic E-state index is 0.286. The molecule has 0 aliphatic rings. The average molecular weight is 177 g/mol. The fourth-order valence-electron chi connectivity index (χ4n) is 1.45. The van der Waals surface area contributed by atoms with Crippen LogP contribution >= 0.6 is 0 Å². The normalized spacial score (nSPS) is 11.0. The molecule has 0 unspecified atom stereocenters. The van der Waals surface area contributed by atoms with Gasteiger partial charge in [0.1, 0.15) is 5.75 Å². The zero-order valence-electron chi connectivity index (χ0n) is 7.88. The molecule has 0 saturated carbocycles. The fraction of sp³-hybridized carbons (Fsp3) is 0.300. The predicted molar refractivity (Wildman–Crippen MR) is 49.9 cm³/mol. The molecule has 13 heavy (non-hydrogen) atoms. The van der Waals surface area contributed by atoms with Crippen LogP contribution in [-0.4, -0.2) is 10.3 Å². The second-order valence-corrected chi connectivity index (χ2v) is 3.31. The van der Waals surface area contributed by atoms with Gasteiger partial charge in [0.05, 0.1) is 11.1 Å². The molecular weight excluding hydrogens is 166 g/mol. The van der Waals surface area contributed by atoms with E-state index in [0.29, 0.717) is 5.58 Å². The molecule has 0 aliphatic carbocycles. The lowest BCUT2D eigenvalue weighted by molar-refractivity contribution is 0.449. The maximum atomic E-state index is 9.81. The molecule has 0 saturated heterocycles. The first-order valence-electron chi connectivity index (χ1n) is 4.16. The van der Waals surface area contributed by atoms with Crippen LogP contribution in [0.4, 0.5) is 0 Å². The molecule has 0 fully saturated rings. The van der Waals surface area contributed by atoms with Crippen LogP contribution in [0.5, 0.6) is 5.75 Å². The molecule has 1 aromatic heterocycles. The number of hydrogen-bond acceptors (Lipinski definition) is 3. The van der Waals surface area contributed by atoms with Crippen LogP contribution in [0, 0.1) is 20.8 Å². The van der Waals surface area contributed by atoms with E-state index in [9.17, 15) is 5.11 Å². The lowest BCUT2D eigenvalue weighted by Crippen LogP contribution is -1.82. The maximum Gasteiger partial charge on any atom is 0.171 e. The SMILES string of the molecule is Cc1cc2onc(C)c2c(O)c1C. The van der Waals surface area contributed by atoms with E-state index in [0.717, 1.165) is 22.2 Å². The highest BCUT2D eigenvalue weighted by Gasteiger charge is 2.12. The van der Waals surface area contributed by atoms with E-state index < -0.39 is 0 Å². The summed E-state index contributed by atoms with van der Waals surface area (Å²) < 4.78 is 5.06. The summed E-state index contributed by atoms with van der Waals surface area (Å²) in [7, 11) is 0. The molecular formula is C10H11NO2. The number of nitrogens with zero attached hydrogens (tertiary/aromatic N) is 1. The third-order valence-corrected chi connectivity index (χ3v) is 2.42. The van der Waals surface area contributed by atoms with Crippen molar-refractivity contribution in [2.24, 2.45) is 0 Å². The van der Waals surface area contributed by atoms with Gasteiger partial charge < -0.3 is 9.63 Å². The third-order valence-electron chi connectivity index (χ3n) is 2.42. The summed E-state index contributed by atoms with van der Waals surface area (Å²) in [5.41, 5.74) is 3.29. The number of phenolic OH excluding ortho intramolecular Hbond substituents is 1. The zero-order valence-corrected chi connectivity index (χ0v) is 7.88. The van der Waals surface area contributed by atoms with Crippen LogP contribution in [0.3, 0.4) is 0 Å². The first-order chi connectivity index (χ1) is 6.11.